The lowest BCUT2D eigenvalue weighted by atomic mass is 9.94. The number of hydrogen-bond donors (Lipinski definition) is 1. The lowest BCUT2D eigenvalue weighted by Crippen LogP contribution is -2.43. The number of esters is 1. The molecule has 1 aliphatic rings. The fourth-order valence-electron chi connectivity index (χ4n) is 1.91. The van der Waals surface area contributed by atoms with Crippen molar-refractivity contribution in [3.8, 4) is 0 Å². The third kappa shape index (κ3) is 5.71. The average Bonchev–Trinajstić information content (AvgIpc) is 2.24. The molecule has 2 unspecified atom stereocenters. The van der Waals surface area contributed by atoms with E-state index in [2.05, 4.69) is 19.2 Å². The normalized spacial score (nSPS) is 24.6. The van der Waals surface area contributed by atoms with E-state index >= 15 is 0 Å². The van der Waals surface area contributed by atoms with Gasteiger partial charge in [0.05, 0.1) is 6.61 Å². The first-order valence-electron chi connectivity index (χ1n) is 6.14. The zero-order chi connectivity index (χ0) is 11.1. The van der Waals surface area contributed by atoms with E-state index in [0.29, 0.717) is 12.5 Å². The van der Waals surface area contributed by atoms with Crippen molar-refractivity contribution in [2.75, 3.05) is 13.2 Å². The molecular weight excluding hydrogens is 226 g/mol. The average molecular weight is 250 g/mol. The van der Waals surface area contributed by atoms with Crippen molar-refractivity contribution in [2.24, 2.45) is 5.92 Å². The van der Waals surface area contributed by atoms with Crippen molar-refractivity contribution in [3.63, 3.8) is 0 Å². The standard InChI is InChI=1S/C12H23NO2.ClH/c1-3-4-5-8-15-12(14)11-9-10(2)6-7-13-11;/h10-11,13H,3-9H2,1-2H3;1H. The molecule has 4 heteroatoms. The van der Waals surface area contributed by atoms with E-state index in [-0.39, 0.29) is 24.4 Å². The van der Waals surface area contributed by atoms with Crippen LogP contribution in [0.5, 0.6) is 0 Å². The molecule has 3 nitrogen and oxygen atoms in total. The van der Waals surface area contributed by atoms with Crippen molar-refractivity contribution >= 4 is 18.4 Å². The number of hydrogen-bond acceptors (Lipinski definition) is 3. The number of unbranched alkanes of at least 4 members (excludes halogenated alkanes) is 2. The van der Waals surface area contributed by atoms with Crippen LogP contribution in [0.4, 0.5) is 0 Å². The predicted molar refractivity (Wildman–Crippen MR) is 67.9 cm³/mol. The topological polar surface area (TPSA) is 38.3 Å². The van der Waals surface area contributed by atoms with Crippen molar-refractivity contribution in [1.29, 1.82) is 0 Å². The van der Waals surface area contributed by atoms with Gasteiger partial charge >= 0.3 is 5.97 Å². The highest BCUT2D eigenvalue weighted by Gasteiger charge is 2.25. The van der Waals surface area contributed by atoms with Gasteiger partial charge in [-0.15, -0.1) is 12.4 Å². The van der Waals surface area contributed by atoms with E-state index in [1.807, 2.05) is 0 Å². The smallest absolute Gasteiger partial charge is 0.323 e. The number of carbonyl (C=O) groups is 1. The van der Waals surface area contributed by atoms with Crippen LogP contribution < -0.4 is 5.32 Å². The molecule has 1 aliphatic heterocycles. The van der Waals surface area contributed by atoms with Gasteiger partial charge in [-0.3, -0.25) is 4.79 Å². The molecule has 0 spiro atoms. The molecule has 1 heterocycles. The number of ether oxygens (including phenoxy) is 1. The number of piperidine rings is 1. The molecule has 0 saturated carbocycles. The Hall–Kier alpha value is -0.280. The Morgan fingerprint density at radius 3 is 2.81 bits per heavy atom. The highest BCUT2D eigenvalue weighted by molar-refractivity contribution is 5.85. The molecule has 0 aromatic heterocycles. The van der Waals surface area contributed by atoms with E-state index in [1.165, 1.54) is 6.42 Å². The molecule has 16 heavy (non-hydrogen) atoms. The molecule has 1 saturated heterocycles. The van der Waals surface area contributed by atoms with Gasteiger partial charge in [-0.05, 0) is 31.7 Å². The Kier molecular flexibility index (Phi) is 8.67. The van der Waals surface area contributed by atoms with Crippen molar-refractivity contribution in [2.45, 2.75) is 52.0 Å². The summed E-state index contributed by atoms with van der Waals surface area (Å²) in [5.74, 6) is 0.581. The molecule has 1 rings (SSSR count). The van der Waals surface area contributed by atoms with Crippen molar-refractivity contribution < 1.29 is 9.53 Å². The van der Waals surface area contributed by atoms with Crippen molar-refractivity contribution in [3.05, 3.63) is 0 Å². The zero-order valence-electron chi connectivity index (χ0n) is 10.3. The van der Waals surface area contributed by atoms with E-state index in [9.17, 15) is 4.79 Å². The van der Waals surface area contributed by atoms with Gasteiger partial charge in [-0.25, -0.2) is 0 Å². The molecule has 96 valence electrons. The summed E-state index contributed by atoms with van der Waals surface area (Å²) in [4.78, 5) is 11.6. The Bertz CT molecular complexity index is 199. The van der Waals surface area contributed by atoms with E-state index < -0.39 is 0 Å². The lowest BCUT2D eigenvalue weighted by molar-refractivity contribution is -0.147. The summed E-state index contributed by atoms with van der Waals surface area (Å²) in [6, 6.07) is -0.0598. The van der Waals surface area contributed by atoms with Crippen LogP contribution in [0.1, 0.15) is 46.0 Å². The highest BCUT2D eigenvalue weighted by atomic mass is 35.5. The molecule has 0 aromatic rings. The van der Waals surface area contributed by atoms with E-state index in [0.717, 1.165) is 32.2 Å². The molecule has 1 fully saturated rings. The predicted octanol–water partition coefficient (Wildman–Crippen LogP) is 2.53. The third-order valence-electron chi connectivity index (χ3n) is 2.94. The van der Waals surface area contributed by atoms with Gasteiger partial charge in [0.1, 0.15) is 6.04 Å². The second-order valence-electron chi connectivity index (χ2n) is 4.51. The second kappa shape index (κ2) is 8.82. The highest BCUT2D eigenvalue weighted by Crippen LogP contribution is 2.15. The third-order valence-corrected chi connectivity index (χ3v) is 2.94. The Balaban J connectivity index is 0.00000225. The van der Waals surface area contributed by atoms with Crippen LogP contribution in [-0.2, 0) is 9.53 Å². The van der Waals surface area contributed by atoms with E-state index in [4.69, 9.17) is 4.74 Å². The molecule has 1 N–H and O–H groups in total. The van der Waals surface area contributed by atoms with Crippen LogP contribution in [0, 0.1) is 5.92 Å². The minimum atomic E-state index is -0.0598. The van der Waals surface area contributed by atoms with Crippen LogP contribution in [0.3, 0.4) is 0 Å². The second-order valence-corrected chi connectivity index (χ2v) is 4.51. The first kappa shape index (κ1) is 15.7. The van der Waals surface area contributed by atoms with Gasteiger partial charge in [-0.1, -0.05) is 26.7 Å². The summed E-state index contributed by atoms with van der Waals surface area (Å²) in [7, 11) is 0. The van der Waals surface area contributed by atoms with Gasteiger partial charge in [0.25, 0.3) is 0 Å². The van der Waals surface area contributed by atoms with Crippen LogP contribution in [0.25, 0.3) is 0 Å². The molecule has 2 atom stereocenters. The molecule has 0 amide bonds. The summed E-state index contributed by atoms with van der Waals surface area (Å²) in [5.41, 5.74) is 0. The van der Waals surface area contributed by atoms with Gasteiger partial charge < -0.3 is 10.1 Å². The maximum absolute atomic E-state index is 11.6. The molecule has 0 aromatic carbocycles. The minimum Gasteiger partial charge on any atom is -0.465 e. The monoisotopic (exact) mass is 249 g/mol. The van der Waals surface area contributed by atoms with Gasteiger partial charge in [0, 0.05) is 0 Å². The van der Waals surface area contributed by atoms with Crippen LogP contribution in [-0.4, -0.2) is 25.2 Å². The largest absolute Gasteiger partial charge is 0.465 e. The van der Waals surface area contributed by atoms with Crippen molar-refractivity contribution in [1.82, 2.24) is 5.32 Å². The van der Waals surface area contributed by atoms with E-state index in [1.54, 1.807) is 0 Å². The Labute approximate surface area is 105 Å². The number of rotatable bonds is 5. The fraction of sp³-hybridized carbons (Fsp3) is 0.917. The summed E-state index contributed by atoms with van der Waals surface area (Å²) < 4.78 is 5.23. The lowest BCUT2D eigenvalue weighted by Gasteiger charge is -2.26. The van der Waals surface area contributed by atoms with Gasteiger partial charge in [0.2, 0.25) is 0 Å². The van der Waals surface area contributed by atoms with Gasteiger partial charge in [-0.2, -0.15) is 0 Å². The summed E-state index contributed by atoms with van der Waals surface area (Å²) >= 11 is 0. The summed E-state index contributed by atoms with van der Waals surface area (Å²) in [6.07, 6.45) is 5.38. The number of carbonyl (C=O) groups excluding carboxylic acids is 1. The first-order chi connectivity index (χ1) is 7.24. The maximum Gasteiger partial charge on any atom is 0.323 e. The summed E-state index contributed by atoms with van der Waals surface area (Å²) in [6.45, 7) is 5.86. The maximum atomic E-state index is 11.6. The molecule has 0 radical (unpaired) electrons. The summed E-state index contributed by atoms with van der Waals surface area (Å²) in [5, 5.41) is 3.22. The SMILES string of the molecule is CCCCCOC(=O)C1CC(C)CCN1.Cl. The number of nitrogens with one attached hydrogen (secondary N) is 1. The molecular formula is C12H24ClNO2. The van der Waals surface area contributed by atoms with Crippen LogP contribution in [0.2, 0.25) is 0 Å². The Morgan fingerprint density at radius 2 is 2.19 bits per heavy atom. The van der Waals surface area contributed by atoms with Crippen LogP contribution >= 0.6 is 12.4 Å². The first-order valence-corrected chi connectivity index (χ1v) is 6.14. The number of halogens is 1. The fourth-order valence-corrected chi connectivity index (χ4v) is 1.91. The molecule has 0 aliphatic carbocycles. The Morgan fingerprint density at radius 1 is 1.44 bits per heavy atom. The van der Waals surface area contributed by atoms with Crippen LogP contribution in [0.15, 0.2) is 0 Å². The molecule has 0 bridgehead atoms. The quantitative estimate of drug-likeness (QED) is 0.601. The zero-order valence-corrected chi connectivity index (χ0v) is 11.1. The van der Waals surface area contributed by atoms with Gasteiger partial charge in [0.15, 0.2) is 0 Å². The minimum absolute atomic E-state index is 0.